The fraction of sp³-hybridized carbons (Fsp3) is 0.366. The molecule has 0 aliphatic carbocycles. The normalized spacial score (nSPS) is 17.8. The van der Waals surface area contributed by atoms with Gasteiger partial charge in [-0.15, -0.1) is 11.3 Å². The van der Waals surface area contributed by atoms with Gasteiger partial charge in [-0.25, -0.2) is 24.9 Å². The Morgan fingerprint density at radius 2 is 1.52 bits per heavy atom. The Balaban J connectivity index is 1.25. The number of amides is 3. The van der Waals surface area contributed by atoms with Crippen LogP contribution in [0.1, 0.15) is 69.4 Å². The molecule has 5 atom stereocenters. The first-order chi connectivity index (χ1) is 30.3. The molecule has 1 aliphatic rings. The predicted molar refractivity (Wildman–Crippen MR) is 227 cm³/mol. The van der Waals surface area contributed by atoms with Crippen LogP contribution in [0.3, 0.4) is 0 Å². The van der Waals surface area contributed by atoms with Crippen molar-refractivity contribution in [1.82, 2.24) is 40.9 Å². The van der Waals surface area contributed by atoms with Crippen LogP contribution in [-0.2, 0) is 19.1 Å². The van der Waals surface area contributed by atoms with Crippen LogP contribution in [-0.4, -0.2) is 85.8 Å². The summed E-state index contributed by atoms with van der Waals surface area (Å²) in [6, 6.07) is 4.37. The van der Waals surface area contributed by atoms with E-state index in [1.54, 1.807) is 50.4 Å². The van der Waals surface area contributed by atoms with Crippen LogP contribution in [0.15, 0.2) is 77.2 Å². The minimum atomic E-state index is -1.18. The van der Waals surface area contributed by atoms with Crippen molar-refractivity contribution in [2.75, 3.05) is 13.2 Å². The Morgan fingerprint density at radius 1 is 0.841 bits per heavy atom. The van der Waals surface area contributed by atoms with E-state index in [9.17, 15) is 19.2 Å². The first-order valence-electron chi connectivity index (χ1n) is 20.1. The number of oxazole rings is 4. The van der Waals surface area contributed by atoms with Crippen LogP contribution in [0.2, 0.25) is 0 Å². The maximum atomic E-state index is 14.2. The third-order valence-corrected chi connectivity index (χ3v) is 11.0. The maximum absolute atomic E-state index is 14.2. The smallest absolute Gasteiger partial charge is 0.322 e. The molecule has 0 spiro atoms. The van der Waals surface area contributed by atoms with Gasteiger partial charge in [0.2, 0.25) is 35.4 Å². The van der Waals surface area contributed by atoms with Gasteiger partial charge in [-0.3, -0.25) is 24.2 Å². The number of aromatic nitrogens is 5. The number of thiazole rings is 1. The van der Waals surface area contributed by atoms with Crippen molar-refractivity contribution >= 4 is 41.0 Å². The lowest BCUT2D eigenvalue weighted by Gasteiger charge is -2.28. The van der Waals surface area contributed by atoms with Gasteiger partial charge in [0.05, 0.1) is 0 Å². The van der Waals surface area contributed by atoms with E-state index in [1.807, 2.05) is 13.0 Å². The molecule has 7 rings (SSSR count). The van der Waals surface area contributed by atoms with Crippen LogP contribution < -0.4 is 33.2 Å². The summed E-state index contributed by atoms with van der Waals surface area (Å²) in [6.07, 6.45) is 5.08. The van der Waals surface area contributed by atoms with Gasteiger partial charge in [0.25, 0.3) is 5.91 Å². The van der Waals surface area contributed by atoms with Gasteiger partial charge >= 0.3 is 5.97 Å². The zero-order chi connectivity index (χ0) is 44.8. The number of rotatable bonds is 11. The van der Waals surface area contributed by atoms with E-state index in [0.29, 0.717) is 34.8 Å². The van der Waals surface area contributed by atoms with E-state index in [-0.39, 0.29) is 65.3 Å². The standard InChI is InChI=1S/C41H46N12O9S/c1-5-20(4)29-33(55)51-28(19(2)3)32(54)46-23(16-61-40(57)22(42)12-9-13-45-41(43)44)35-47-24(14-58-35)36-49-26(17-60-36)39-50-27(18-63-39)37-48-25(15-59-37)38-53-30(34(56)52-29)31(62-38)21-10-7-6-8-11-21/h6-8,10-11,14-15,17-20,22-23,28-29H,5,9,12-13,16,42H2,1-4H3,(H,46,54)(H,51,55)(H,52,56)(H4,43,44,45)/t20-,22-,23-,28-,29+/m0/s1. The van der Waals surface area contributed by atoms with Gasteiger partial charge in [0, 0.05) is 17.5 Å². The number of benzene rings is 1. The number of aliphatic imine (C=N–C) groups is 1. The number of nitrogens with two attached hydrogens (primary N) is 3. The lowest BCUT2D eigenvalue weighted by atomic mass is 9.96. The van der Waals surface area contributed by atoms with Crippen molar-refractivity contribution < 1.29 is 41.6 Å². The largest absolute Gasteiger partial charge is 0.462 e. The number of ether oxygens (including phenoxy) is 1. The number of hydrogen-bond acceptors (Lipinski definition) is 17. The van der Waals surface area contributed by atoms with Crippen LogP contribution in [0.4, 0.5) is 0 Å². The fourth-order valence-corrected chi connectivity index (χ4v) is 7.16. The van der Waals surface area contributed by atoms with Crippen molar-refractivity contribution in [3.8, 4) is 56.8 Å². The number of esters is 1. The van der Waals surface area contributed by atoms with Crippen molar-refractivity contribution in [3.63, 3.8) is 0 Å². The molecule has 0 fully saturated rings. The monoisotopic (exact) mass is 882 g/mol. The van der Waals surface area contributed by atoms with Gasteiger partial charge in [-0.05, 0) is 24.7 Å². The summed E-state index contributed by atoms with van der Waals surface area (Å²) in [6.45, 7) is 6.94. The van der Waals surface area contributed by atoms with E-state index in [2.05, 4.69) is 45.9 Å². The Kier molecular flexibility index (Phi) is 13.4. The molecule has 6 heterocycles. The molecule has 0 radical (unpaired) electrons. The number of nitrogens with one attached hydrogen (secondary N) is 3. The highest BCUT2D eigenvalue weighted by Gasteiger charge is 2.35. The van der Waals surface area contributed by atoms with E-state index >= 15 is 0 Å². The van der Waals surface area contributed by atoms with Gasteiger partial charge in [0.15, 0.2) is 28.8 Å². The summed E-state index contributed by atoms with van der Waals surface area (Å²) in [5, 5.41) is 10.7. The highest BCUT2D eigenvalue weighted by atomic mass is 32.1. The molecule has 1 aromatic carbocycles. The molecule has 21 nitrogen and oxygen atoms in total. The Hall–Kier alpha value is -7.20. The Labute approximate surface area is 363 Å². The van der Waals surface area contributed by atoms with Crippen molar-refractivity contribution in [3.05, 3.63) is 66.1 Å². The quantitative estimate of drug-likeness (QED) is 0.0466. The molecule has 5 aromatic heterocycles. The average molecular weight is 883 g/mol. The third kappa shape index (κ3) is 10.1. The highest BCUT2D eigenvalue weighted by Crippen LogP contribution is 2.34. The van der Waals surface area contributed by atoms with E-state index < -0.39 is 66.3 Å². The summed E-state index contributed by atoms with van der Waals surface area (Å²) in [7, 11) is 0. The van der Waals surface area contributed by atoms with Crippen LogP contribution in [0.25, 0.3) is 56.8 Å². The first-order valence-corrected chi connectivity index (χ1v) is 21.0. The Bertz CT molecular complexity index is 2590. The number of nitrogens with zero attached hydrogens (tertiary/aromatic N) is 6. The summed E-state index contributed by atoms with van der Waals surface area (Å²) >= 11 is 1.25. The zero-order valence-corrected chi connectivity index (χ0v) is 35.5. The first kappa shape index (κ1) is 43.9. The van der Waals surface area contributed by atoms with Gasteiger partial charge < -0.3 is 55.6 Å². The number of hydrogen-bond donors (Lipinski definition) is 6. The molecule has 330 valence electrons. The van der Waals surface area contributed by atoms with E-state index in [1.165, 1.54) is 30.1 Å². The summed E-state index contributed by atoms with van der Waals surface area (Å²) in [5.41, 5.74) is 18.4. The second-order valence-corrected chi connectivity index (χ2v) is 15.9. The number of fused-ring (bicyclic) bond motifs is 14. The number of carbonyl (C=O) groups is 4. The molecule has 22 heteroatoms. The molecule has 0 unspecified atom stereocenters. The summed E-state index contributed by atoms with van der Waals surface area (Å²) in [4.78, 5) is 82.4. The summed E-state index contributed by atoms with van der Waals surface area (Å²) < 4.78 is 29.1. The molecule has 0 saturated carbocycles. The molecule has 63 heavy (non-hydrogen) atoms. The van der Waals surface area contributed by atoms with Crippen molar-refractivity contribution in [2.24, 2.45) is 34.0 Å². The van der Waals surface area contributed by atoms with Crippen molar-refractivity contribution in [1.29, 1.82) is 0 Å². The fourth-order valence-electron chi connectivity index (χ4n) is 6.42. The van der Waals surface area contributed by atoms with Crippen LogP contribution in [0.5, 0.6) is 0 Å². The SMILES string of the molecule is CC[C@H](C)[C@H]1NC(=O)c2nc(oc2-c2ccccc2)-c2coc(n2)-c2csc(n2)-c2coc(n2)-c2coc(n2)[C@H](COC(=O)[C@@H](N)CCCN=C(N)N)NC(=O)[C@H](C(C)C)NC1=O. The predicted octanol–water partition coefficient (Wildman–Crippen LogP) is 3.81. The second kappa shape index (κ2) is 19.2. The molecular weight excluding hydrogens is 837 g/mol. The average Bonchev–Trinajstić information content (AvgIpc) is 4.13. The van der Waals surface area contributed by atoms with E-state index in [0.717, 1.165) is 0 Å². The maximum Gasteiger partial charge on any atom is 0.322 e. The molecule has 9 N–H and O–H groups in total. The zero-order valence-electron chi connectivity index (χ0n) is 34.7. The van der Waals surface area contributed by atoms with Gasteiger partial charge in [-0.2, -0.15) is 0 Å². The molecule has 3 amide bonds. The number of guanidine groups is 1. The van der Waals surface area contributed by atoms with Gasteiger partial charge in [0.1, 0.15) is 66.0 Å². The second-order valence-electron chi connectivity index (χ2n) is 15.1. The minimum absolute atomic E-state index is 0.0156. The summed E-state index contributed by atoms with van der Waals surface area (Å²) in [5.74, 6) is -3.49. The topological polar surface area (TPSA) is 321 Å². The third-order valence-electron chi connectivity index (χ3n) is 10.1. The minimum Gasteiger partial charge on any atom is -0.462 e. The van der Waals surface area contributed by atoms with Crippen LogP contribution >= 0.6 is 11.3 Å². The Morgan fingerprint density at radius 3 is 2.25 bits per heavy atom. The lowest BCUT2D eigenvalue weighted by Crippen LogP contribution is -2.57. The van der Waals surface area contributed by atoms with Crippen LogP contribution in [0, 0.1) is 11.8 Å². The highest BCUT2D eigenvalue weighted by molar-refractivity contribution is 7.13. The lowest BCUT2D eigenvalue weighted by molar-refractivity contribution is -0.147. The molecular formula is C41H46N12O9S. The number of carbonyl (C=O) groups excluding carboxylic acids is 4. The van der Waals surface area contributed by atoms with Crippen molar-refractivity contribution in [2.45, 2.75) is 71.1 Å². The van der Waals surface area contributed by atoms with E-state index in [4.69, 9.17) is 39.6 Å². The van der Waals surface area contributed by atoms with Gasteiger partial charge in [-0.1, -0.05) is 64.4 Å². The molecule has 10 bridgehead atoms. The molecule has 1 aliphatic heterocycles. The molecule has 0 saturated heterocycles. The molecule has 6 aromatic rings.